The molecule has 5 nitrogen and oxygen atoms in total. The number of hydrogen-bond acceptors (Lipinski definition) is 3. The Balaban J connectivity index is 1.82. The van der Waals surface area contributed by atoms with Crippen LogP contribution in [0, 0.1) is 0 Å². The molecule has 0 aliphatic carbocycles. The van der Waals surface area contributed by atoms with Gasteiger partial charge in [0.15, 0.2) is 0 Å². The van der Waals surface area contributed by atoms with E-state index in [9.17, 15) is 22.8 Å². The number of carbonyl (C=O) groups excluding carboxylic acids is 2. The van der Waals surface area contributed by atoms with Crippen molar-refractivity contribution in [2.45, 2.75) is 12.6 Å². The first kappa shape index (κ1) is 20.4. The monoisotopic (exact) mass is 397 g/mol. The van der Waals surface area contributed by atoms with E-state index in [1.807, 2.05) is 0 Å². The van der Waals surface area contributed by atoms with Crippen LogP contribution in [0.25, 0.3) is 6.08 Å². The van der Waals surface area contributed by atoms with Crippen molar-refractivity contribution in [1.82, 2.24) is 10.3 Å². The van der Waals surface area contributed by atoms with Crippen molar-refractivity contribution in [1.29, 1.82) is 0 Å². The molecule has 2 amide bonds. The molecule has 2 rings (SSSR count). The van der Waals surface area contributed by atoms with Crippen molar-refractivity contribution in [3.63, 3.8) is 0 Å². The fourth-order valence-electron chi connectivity index (χ4n) is 2.05. The molecule has 0 aliphatic rings. The molecule has 0 atom stereocenters. The summed E-state index contributed by atoms with van der Waals surface area (Å²) in [5.74, 6) is -0.826. The highest BCUT2D eigenvalue weighted by Gasteiger charge is 2.33. The summed E-state index contributed by atoms with van der Waals surface area (Å²) in [6.45, 7) is 0.0779. The molecule has 0 fully saturated rings. The number of benzene rings is 1. The van der Waals surface area contributed by atoms with Crippen molar-refractivity contribution < 1.29 is 22.8 Å². The lowest BCUT2D eigenvalue weighted by Gasteiger charge is -2.09. The SMILES string of the molecule is O=C(/C=C/c1ccc(Cl)c(C(F)(F)F)c1)NCCC(=O)Nc1ccncc1. The Morgan fingerprint density at radius 3 is 2.52 bits per heavy atom. The summed E-state index contributed by atoms with van der Waals surface area (Å²) in [6, 6.07) is 6.59. The number of nitrogens with one attached hydrogen (secondary N) is 2. The van der Waals surface area contributed by atoms with Gasteiger partial charge in [-0.2, -0.15) is 13.2 Å². The second-order valence-electron chi connectivity index (χ2n) is 5.40. The van der Waals surface area contributed by atoms with E-state index in [0.29, 0.717) is 5.69 Å². The molecule has 0 spiro atoms. The third-order valence-electron chi connectivity index (χ3n) is 3.34. The Morgan fingerprint density at radius 2 is 1.85 bits per heavy atom. The first-order valence-corrected chi connectivity index (χ1v) is 8.16. The maximum absolute atomic E-state index is 12.8. The van der Waals surface area contributed by atoms with Crippen LogP contribution in [-0.4, -0.2) is 23.3 Å². The maximum atomic E-state index is 12.8. The molecule has 1 aromatic heterocycles. The molecule has 0 saturated heterocycles. The molecule has 0 aliphatic heterocycles. The molecule has 142 valence electrons. The lowest BCUT2D eigenvalue weighted by atomic mass is 10.1. The van der Waals surface area contributed by atoms with Gasteiger partial charge in [0.25, 0.3) is 0 Å². The Morgan fingerprint density at radius 1 is 1.15 bits per heavy atom. The zero-order valence-electron chi connectivity index (χ0n) is 13.9. The normalized spacial score (nSPS) is 11.4. The number of anilines is 1. The molecule has 0 bridgehead atoms. The summed E-state index contributed by atoms with van der Waals surface area (Å²) in [5.41, 5.74) is -0.207. The number of halogens is 4. The standard InChI is InChI=1S/C18H15ClF3N3O2/c19-15-3-1-12(11-14(15)18(20,21)22)2-4-16(26)24-10-7-17(27)25-13-5-8-23-9-6-13/h1-6,8-9,11H,7,10H2,(H,24,26)(H,23,25,27)/b4-2+. The van der Waals surface area contributed by atoms with Crippen molar-refractivity contribution in [2.75, 3.05) is 11.9 Å². The minimum Gasteiger partial charge on any atom is -0.352 e. The summed E-state index contributed by atoms with van der Waals surface area (Å²) < 4.78 is 38.4. The number of nitrogens with zero attached hydrogens (tertiary/aromatic N) is 1. The van der Waals surface area contributed by atoms with Gasteiger partial charge in [-0.15, -0.1) is 0 Å². The average molecular weight is 398 g/mol. The second kappa shape index (κ2) is 9.18. The largest absolute Gasteiger partial charge is 0.417 e. The predicted molar refractivity (Wildman–Crippen MR) is 96.0 cm³/mol. The molecular weight excluding hydrogens is 383 g/mol. The molecule has 2 N–H and O–H groups in total. The van der Waals surface area contributed by atoms with Crippen LogP contribution in [0.4, 0.5) is 18.9 Å². The summed E-state index contributed by atoms with van der Waals surface area (Å²) in [4.78, 5) is 27.3. The smallest absolute Gasteiger partial charge is 0.352 e. The van der Waals surface area contributed by atoms with Gasteiger partial charge in [-0.3, -0.25) is 14.6 Å². The first-order chi connectivity index (χ1) is 12.8. The van der Waals surface area contributed by atoms with Crippen molar-refractivity contribution in [2.24, 2.45) is 0 Å². The van der Waals surface area contributed by atoms with Gasteiger partial charge in [0, 0.05) is 37.1 Å². The van der Waals surface area contributed by atoms with E-state index in [1.165, 1.54) is 24.5 Å². The van der Waals surface area contributed by atoms with Crippen LogP contribution in [0.5, 0.6) is 0 Å². The third-order valence-corrected chi connectivity index (χ3v) is 3.67. The van der Waals surface area contributed by atoms with Crippen LogP contribution in [0.15, 0.2) is 48.8 Å². The van der Waals surface area contributed by atoms with Gasteiger partial charge in [-0.25, -0.2) is 0 Å². The topological polar surface area (TPSA) is 71.1 Å². The number of pyridine rings is 1. The molecule has 1 heterocycles. The summed E-state index contributed by atoms with van der Waals surface area (Å²) in [7, 11) is 0. The number of hydrogen-bond donors (Lipinski definition) is 2. The van der Waals surface area contributed by atoms with Crippen molar-refractivity contribution >= 4 is 35.2 Å². The molecule has 1 aromatic carbocycles. The van der Waals surface area contributed by atoms with E-state index in [2.05, 4.69) is 15.6 Å². The number of alkyl halides is 3. The Bertz CT molecular complexity index is 839. The lowest BCUT2D eigenvalue weighted by Crippen LogP contribution is -2.26. The van der Waals surface area contributed by atoms with E-state index < -0.39 is 22.7 Å². The van der Waals surface area contributed by atoms with Crippen LogP contribution >= 0.6 is 11.6 Å². The van der Waals surface area contributed by atoms with Gasteiger partial charge >= 0.3 is 6.18 Å². The van der Waals surface area contributed by atoms with Gasteiger partial charge in [-0.05, 0) is 35.9 Å². The van der Waals surface area contributed by atoms with Crippen LogP contribution < -0.4 is 10.6 Å². The Hall–Kier alpha value is -2.87. The first-order valence-electron chi connectivity index (χ1n) is 7.78. The highest BCUT2D eigenvalue weighted by molar-refractivity contribution is 6.31. The van der Waals surface area contributed by atoms with Crippen LogP contribution in [0.2, 0.25) is 5.02 Å². The second-order valence-corrected chi connectivity index (χ2v) is 5.80. The van der Waals surface area contributed by atoms with Crippen LogP contribution in [0.1, 0.15) is 17.5 Å². The number of aromatic nitrogens is 1. The Labute approximate surface area is 158 Å². The zero-order valence-corrected chi connectivity index (χ0v) is 14.6. The van der Waals surface area contributed by atoms with E-state index in [1.54, 1.807) is 12.1 Å². The molecule has 0 radical (unpaired) electrons. The third kappa shape index (κ3) is 6.74. The maximum Gasteiger partial charge on any atom is 0.417 e. The van der Waals surface area contributed by atoms with E-state index in [-0.39, 0.29) is 24.4 Å². The predicted octanol–water partition coefficient (Wildman–Crippen LogP) is 3.91. The number of carbonyl (C=O) groups is 2. The van der Waals surface area contributed by atoms with Gasteiger partial charge in [-0.1, -0.05) is 17.7 Å². The van der Waals surface area contributed by atoms with Crippen molar-refractivity contribution in [3.8, 4) is 0 Å². The fraction of sp³-hybridized carbons (Fsp3) is 0.167. The quantitative estimate of drug-likeness (QED) is 0.726. The highest BCUT2D eigenvalue weighted by atomic mass is 35.5. The van der Waals surface area contributed by atoms with Gasteiger partial charge < -0.3 is 10.6 Å². The summed E-state index contributed by atoms with van der Waals surface area (Å²) >= 11 is 5.54. The van der Waals surface area contributed by atoms with E-state index >= 15 is 0 Å². The molecule has 0 unspecified atom stereocenters. The van der Waals surface area contributed by atoms with E-state index in [4.69, 9.17) is 11.6 Å². The van der Waals surface area contributed by atoms with E-state index in [0.717, 1.165) is 18.2 Å². The van der Waals surface area contributed by atoms with Gasteiger partial charge in [0.1, 0.15) is 0 Å². The number of amides is 2. The number of rotatable bonds is 6. The zero-order chi connectivity index (χ0) is 19.9. The van der Waals surface area contributed by atoms with Crippen LogP contribution in [0.3, 0.4) is 0 Å². The Kier molecular flexibility index (Phi) is 6.95. The van der Waals surface area contributed by atoms with Gasteiger partial charge in [0.2, 0.25) is 11.8 Å². The molecular formula is C18H15ClF3N3O2. The minimum absolute atomic E-state index is 0.0427. The van der Waals surface area contributed by atoms with Crippen LogP contribution in [-0.2, 0) is 15.8 Å². The highest BCUT2D eigenvalue weighted by Crippen LogP contribution is 2.35. The molecule has 0 saturated carbocycles. The van der Waals surface area contributed by atoms with Gasteiger partial charge in [0.05, 0.1) is 10.6 Å². The lowest BCUT2D eigenvalue weighted by molar-refractivity contribution is -0.137. The summed E-state index contributed by atoms with van der Waals surface area (Å²) in [5, 5.41) is 4.70. The molecule has 9 heteroatoms. The van der Waals surface area contributed by atoms with Crippen molar-refractivity contribution in [3.05, 3.63) is 65.0 Å². The molecule has 27 heavy (non-hydrogen) atoms. The summed E-state index contributed by atoms with van der Waals surface area (Å²) in [6.07, 6.45) is 0.848. The minimum atomic E-state index is -4.58. The fourth-order valence-corrected chi connectivity index (χ4v) is 2.28. The molecule has 2 aromatic rings. The average Bonchev–Trinajstić information content (AvgIpc) is 2.61.